The summed E-state index contributed by atoms with van der Waals surface area (Å²) in [6.45, 7) is 2.15. The molecule has 6 rings (SSSR count). The maximum atomic E-state index is 13.8. The van der Waals surface area contributed by atoms with Crippen LogP contribution in [-0.4, -0.2) is 33.4 Å². The lowest BCUT2D eigenvalue weighted by molar-refractivity contribution is 0.610. The molecule has 0 aliphatic heterocycles. The van der Waals surface area contributed by atoms with Crippen LogP contribution in [0.4, 0.5) is 15.8 Å². The zero-order chi connectivity index (χ0) is 25.8. The summed E-state index contributed by atoms with van der Waals surface area (Å²) in [7, 11) is 2.00. The number of anilines is 2. The number of nitriles is 1. The summed E-state index contributed by atoms with van der Waals surface area (Å²) in [6.07, 6.45) is 8.80. The monoisotopic (exact) mass is 513 g/mol. The third kappa shape index (κ3) is 4.29. The number of rotatable bonds is 8. The van der Waals surface area contributed by atoms with Crippen LogP contribution in [0.25, 0.3) is 10.9 Å². The largest absolute Gasteiger partial charge is 0.378 e. The second-order valence-corrected chi connectivity index (χ2v) is 10.8. The molecule has 2 N–H and O–H groups in total. The second-order valence-electron chi connectivity index (χ2n) is 10.3. The number of nitrogens with one attached hydrogen (secondary N) is 2. The highest BCUT2D eigenvalue weighted by Crippen LogP contribution is 2.45. The first-order valence-electron chi connectivity index (χ1n) is 12.6. The number of benzene rings is 2. The Balaban J connectivity index is 1.47. The van der Waals surface area contributed by atoms with E-state index in [1.54, 1.807) is 18.3 Å². The molecule has 2 aromatic heterocycles. The highest BCUT2D eigenvalue weighted by atomic mass is 35.5. The quantitative estimate of drug-likeness (QED) is 0.318. The third-order valence-corrected chi connectivity index (χ3v) is 8.01. The van der Waals surface area contributed by atoms with Gasteiger partial charge < -0.3 is 10.6 Å². The van der Waals surface area contributed by atoms with Crippen molar-refractivity contribution in [3.8, 4) is 6.07 Å². The molecule has 1 atom stereocenters. The van der Waals surface area contributed by atoms with E-state index in [-0.39, 0.29) is 11.4 Å². The number of hydrogen-bond acceptors (Lipinski definition) is 6. The van der Waals surface area contributed by atoms with Crippen LogP contribution >= 0.6 is 11.6 Å². The van der Waals surface area contributed by atoms with Crippen LogP contribution in [0, 0.1) is 17.1 Å². The molecule has 0 spiro atoms. The number of hydrogen-bond donors (Lipinski definition) is 2. The van der Waals surface area contributed by atoms with Crippen molar-refractivity contribution in [2.45, 2.75) is 56.0 Å². The van der Waals surface area contributed by atoms with Crippen LogP contribution in [0.1, 0.15) is 61.9 Å². The minimum atomic E-state index is -0.827. The summed E-state index contributed by atoms with van der Waals surface area (Å²) in [6, 6.07) is 12.8. The molecule has 2 aliphatic rings. The maximum Gasteiger partial charge on any atom is 0.148 e. The first-order chi connectivity index (χ1) is 17.8. The molecule has 2 fully saturated rings. The Labute approximate surface area is 220 Å². The summed E-state index contributed by atoms with van der Waals surface area (Å²) in [5, 5.41) is 27.2. The zero-order valence-corrected chi connectivity index (χ0v) is 21.5. The van der Waals surface area contributed by atoms with E-state index in [1.807, 2.05) is 30.9 Å². The van der Waals surface area contributed by atoms with Gasteiger partial charge in [0.15, 0.2) is 0 Å². The summed E-state index contributed by atoms with van der Waals surface area (Å²) in [4.78, 5) is 4.49. The van der Waals surface area contributed by atoms with E-state index in [2.05, 4.69) is 38.9 Å². The molecule has 4 aromatic rings. The van der Waals surface area contributed by atoms with Gasteiger partial charge in [-0.25, -0.2) is 9.07 Å². The number of halogens is 2. The summed E-state index contributed by atoms with van der Waals surface area (Å²) < 4.78 is 15.7. The predicted molar refractivity (Wildman–Crippen MR) is 145 cm³/mol. The predicted octanol–water partition coefficient (Wildman–Crippen LogP) is 5.13. The summed E-state index contributed by atoms with van der Waals surface area (Å²) >= 11 is 6.75. The van der Waals surface area contributed by atoms with Crippen molar-refractivity contribution in [1.29, 1.82) is 5.26 Å². The fourth-order valence-electron chi connectivity index (χ4n) is 4.91. The molecule has 2 aromatic carbocycles. The van der Waals surface area contributed by atoms with Crippen molar-refractivity contribution in [1.82, 2.24) is 20.0 Å². The topological polar surface area (TPSA) is 91.5 Å². The van der Waals surface area contributed by atoms with Crippen LogP contribution in [0.3, 0.4) is 0 Å². The van der Waals surface area contributed by atoms with Crippen molar-refractivity contribution in [2.75, 3.05) is 10.6 Å². The normalized spacial score (nSPS) is 17.7. The summed E-state index contributed by atoms with van der Waals surface area (Å²) in [5.41, 5.74) is 3.31. The smallest absolute Gasteiger partial charge is 0.148 e. The molecular formula is C27H26BClFN7. The van der Waals surface area contributed by atoms with E-state index in [0.29, 0.717) is 27.8 Å². The zero-order valence-electron chi connectivity index (χ0n) is 20.7. The standard InChI is InChI=1S/C27H26BClFN7/c1-2-26(9-10-26)34-24-16(13-31)14-32-25-21(24)11-19(12-22(25)29)33-27(28,17-3-5-18(30)6-4-17)23-15-37(36-35-23)20-7-8-20/h3-6,11-12,14-15,20,33H,2,7-10,28H2,1H3,(H,32,34). The number of nitrogens with zero attached hydrogens (tertiary/aromatic N) is 5. The Kier molecular flexibility index (Phi) is 5.61. The van der Waals surface area contributed by atoms with Gasteiger partial charge in [0.05, 0.1) is 39.5 Å². The van der Waals surface area contributed by atoms with Gasteiger partial charge in [-0.3, -0.25) is 4.98 Å². The van der Waals surface area contributed by atoms with Gasteiger partial charge in [0, 0.05) is 22.8 Å². The van der Waals surface area contributed by atoms with Gasteiger partial charge in [0.1, 0.15) is 25.4 Å². The Hall–Kier alpha value is -3.64. The van der Waals surface area contributed by atoms with E-state index in [4.69, 9.17) is 11.6 Å². The van der Waals surface area contributed by atoms with E-state index in [9.17, 15) is 9.65 Å². The lowest BCUT2D eigenvalue weighted by Gasteiger charge is -2.31. The van der Waals surface area contributed by atoms with E-state index in [0.717, 1.165) is 54.4 Å². The van der Waals surface area contributed by atoms with Crippen molar-refractivity contribution in [3.63, 3.8) is 0 Å². The van der Waals surface area contributed by atoms with Crippen LogP contribution in [-0.2, 0) is 5.44 Å². The van der Waals surface area contributed by atoms with Crippen molar-refractivity contribution < 1.29 is 4.39 Å². The van der Waals surface area contributed by atoms with Crippen LogP contribution < -0.4 is 10.6 Å². The Bertz CT molecular complexity index is 1540. The second kappa shape index (κ2) is 8.74. The third-order valence-electron chi connectivity index (χ3n) is 7.73. The van der Waals surface area contributed by atoms with Crippen molar-refractivity contribution in [2.24, 2.45) is 0 Å². The molecule has 2 saturated carbocycles. The molecule has 7 nitrogen and oxygen atoms in total. The van der Waals surface area contributed by atoms with Crippen molar-refractivity contribution in [3.05, 3.63) is 76.5 Å². The molecule has 2 heterocycles. The van der Waals surface area contributed by atoms with E-state index < -0.39 is 5.44 Å². The summed E-state index contributed by atoms with van der Waals surface area (Å²) in [5.74, 6) is -0.308. The van der Waals surface area contributed by atoms with E-state index in [1.165, 1.54) is 12.1 Å². The van der Waals surface area contributed by atoms with Gasteiger partial charge in [-0.05, 0) is 61.9 Å². The molecule has 0 radical (unpaired) electrons. The van der Waals surface area contributed by atoms with Gasteiger partial charge in [-0.2, -0.15) is 5.26 Å². The lowest BCUT2D eigenvalue weighted by Crippen LogP contribution is -2.37. The molecule has 0 saturated heterocycles. The average molecular weight is 514 g/mol. The Morgan fingerprint density at radius 1 is 1.27 bits per heavy atom. The molecule has 10 heteroatoms. The van der Waals surface area contributed by atoms with Crippen molar-refractivity contribution >= 4 is 41.7 Å². The van der Waals surface area contributed by atoms with Gasteiger partial charge in [-0.15, -0.1) is 5.10 Å². The number of fused-ring (bicyclic) bond motifs is 1. The van der Waals surface area contributed by atoms with Gasteiger partial charge in [0.25, 0.3) is 0 Å². The number of pyridine rings is 1. The fraction of sp³-hybridized carbons (Fsp3) is 0.333. The molecule has 2 aliphatic carbocycles. The van der Waals surface area contributed by atoms with Gasteiger partial charge >= 0.3 is 0 Å². The molecule has 37 heavy (non-hydrogen) atoms. The van der Waals surface area contributed by atoms with Crippen LogP contribution in [0.5, 0.6) is 0 Å². The fourth-order valence-corrected chi connectivity index (χ4v) is 5.18. The highest BCUT2D eigenvalue weighted by Gasteiger charge is 2.41. The Morgan fingerprint density at radius 3 is 2.68 bits per heavy atom. The Morgan fingerprint density at radius 2 is 2.03 bits per heavy atom. The minimum Gasteiger partial charge on any atom is -0.378 e. The van der Waals surface area contributed by atoms with Crippen LogP contribution in [0.15, 0.2) is 48.8 Å². The first-order valence-corrected chi connectivity index (χ1v) is 13.0. The van der Waals surface area contributed by atoms with E-state index >= 15 is 0 Å². The minimum absolute atomic E-state index is 0.000266. The molecule has 0 bridgehead atoms. The first kappa shape index (κ1) is 23.7. The van der Waals surface area contributed by atoms with Gasteiger partial charge in [-0.1, -0.05) is 35.9 Å². The lowest BCUT2D eigenvalue weighted by atomic mass is 9.69. The highest BCUT2D eigenvalue weighted by molar-refractivity contribution is 6.36. The molecule has 186 valence electrons. The molecular weight excluding hydrogens is 488 g/mol. The molecule has 0 amide bonds. The molecule has 1 unspecified atom stereocenters. The average Bonchev–Trinajstić information content (AvgIpc) is 3.83. The van der Waals surface area contributed by atoms with Gasteiger partial charge in [0.2, 0.25) is 0 Å². The van der Waals surface area contributed by atoms with Crippen LogP contribution in [0.2, 0.25) is 5.02 Å². The SMILES string of the molecule is BC(Nc1cc(Cl)c2ncc(C#N)c(NC3(CC)CC3)c2c1)(c1ccc(F)cc1)c1cn(C2CC2)nn1. The maximum absolute atomic E-state index is 13.8. The number of aromatic nitrogens is 4.